The Morgan fingerprint density at radius 2 is 0.473 bits per heavy atom. The highest BCUT2D eigenvalue weighted by Gasteiger charge is 2.32. The number of esters is 4. The summed E-state index contributed by atoms with van der Waals surface area (Å²) in [4.78, 5) is 103. The smallest absolute Gasteiger partial charge is 0.344 e. The Morgan fingerprint density at radius 1 is 0.247 bits per heavy atom. The molecular weight excluding hydrogens is 1190 g/mol. The third-order valence-corrected chi connectivity index (χ3v) is 14.1. The van der Waals surface area contributed by atoms with Gasteiger partial charge in [0.05, 0.1) is 46.2 Å². The van der Waals surface area contributed by atoms with E-state index in [1.54, 1.807) is 194 Å². The first kappa shape index (κ1) is 68.3. The minimum Gasteiger partial charge on any atom is -0.482 e. The summed E-state index contributed by atoms with van der Waals surface area (Å²) >= 11 is 0. The van der Waals surface area contributed by atoms with Crippen LogP contribution in [-0.2, 0) is 52.3 Å². The van der Waals surface area contributed by atoms with Crippen LogP contribution >= 0.6 is 0 Å². The van der Waals surface area contributed by atoms with E-state index in [4.69, 9.17) is 52.1 Å². The molecule has 0 aromatic heterocycles. The number of hydrogen-bond donors (Lipinski definition) is 0. The van der Waals surface area contributed by atoms with Crippen LogP contribution in [0, 0.1) is 5.41 Å². The Balaban J connectivity index is 0.843. The van der Waals surface area contributed by atoms with Gasteiger partial charge >= 0.3 is 23.9 Å². The van der Waals surface area contributed by atoms with Crippen LogP contribution in [0.5, 0.6) is 23.0 Å². The topological polar surface area (TPSA) is 238 Å². The molecule has 0 N–H and O–H groups in total. The summed E-state index contributed by atoms with van der Waals surface area (Å²) in [6.45, 7) is -2.25. The molecule has 0 unspecified atom stereocenters. The van der Waals surface area contributed by atoms with E-state index in [1.165, 1.54) is 0 Å². The molecule has 0 aliphatic carbocycles. The van der Waals surface area contributed by atoms with E-state index in [0.717, 1.165) is 0 Å². The normalized spacial score (nSPS) is 10.9. The molecule has 480 valence electrons. The summed E-state index contributed by atoms with van der Waals surface area (Å²) in [5.74, 6) is -1.81. The number of ketones is 4. The average molecular weight is 1260 g/mol. The van der Waals surface area contributed by atoms with E-state index in [9.17, 15) is 38.4 Å². The van der Waals surface area contributed by atoms with Gasteiger partial charge in [-0.15, -0.1) is 0 Å². The van der Waals surface area contributed by atoms with Gasteiger partial charge in [0.1, 0.15) is 42.8 Å². The van der Waals surface area contributed by atoms with Crippen molar-refractivity contribution >= 4 is 47.0 Å². The minimum absolute atomic E-state index is 0.00874. The van der Waals surface area contributed by atoms with Crippen molar-refractivity contribution in [1.82, 2.24) is 0 Å². The number of unbranched alkanes of at least 4 members (excludes halogenated alkanes) is 1. The fourth-order valence-electron chi connectivity index (χ4n) is 9.21. The van der Waals surface area contributed by atoms with Crippen molar-refractivity contribution < 1.29 is 90.5 Å². The standard InChI is InChI=1S/C74H70O19/c75-66(47-90-62-31-23-58(24-32-62)70(79)54-15-5-1-6-16-54)86-40-14-13-39-74(51-83-41-44-87-67(76)48-91-63-33-25-59(26-34-63)71(80)55-17-7-2-8-18-55,52-84-42-45-88-68(77)49-92-64-35-27-60(28-36-64)72(81)56-19-9-3-10-20-56)53-85-43-46-89-69(78)50-93-65-37-29-61(30-38-65)73(82)57-21-11-4-12-22-57/h1-12,15-38H,13-14,39-53H2. The Kier molecular flexibility index (Phi) is 27.1. The average Bonchev–Trinajstić information content (AvgIpc) is 1.97. The lowest BCUT2D eigenvalue weighted by molar-refractivity contribution is -0.150. The van der Waals surface area contributed by atoms with Crippen molar-refractivity contribution in [2.75, 3.05) is 92.5 Å². The van der Waals surface area contributed by atoms with Crippen molar-refractivity contribution in [3.63, 3.8) is 0 Å². The Morgan fingerprint density at radius 3 is 0.720 bits per heavy atom. The summed E-state index contributed by atoms with van der Waals surface area (Å²) in [7, 11) is 0. The molecule has 0 atom stereocenters. The van der Waals surface area contributed by atoms with Gasteiger partial charge in [-0.25, -0.2) is 19.2 Å². The monoisotopic (exact) mass is 1260 g/mol. The van der Waals surface area contributed by atoms with Gasteiger partial charge in [-0.1, -0.05) is 121 Å². The number of carbonyl (C=O) groups is 8. The number of ether oxygens (including phenoxy) is 11. The molecule has 0 bridgehead atoms. The van der Waals surface area contributed by atoms with Crippen LogP contribution in [0.2, 0.25) is 0 Å². The van der Waals surface area contributed by atoms with Crippen LogP contribution in [0.3, 0.4) is 0 Å². The van der Waals surface area contributed by atoms with Crippen LogP contribution in [0.25, 0.3) is 0 Å². The van der Waals surface area contributed by atoms with Gasteiger partial charge in [0.2, 0.25) is 0 Å². The summed E-state index contributed by atoms with van der Waals surface area (Å²) in [5, 5.41) is 0. The first-order valence-electron chi connectivity index (χ1n) is 30.1. The van der Waals surface area contributed by atoms with Crippen LogP contribution in [-0.4, -0.2) is 140 Å². The maximum absolute atomic E-state index is 12.9. The van der Waals surface area contributed by atoms with Crippen molar-refractivity contribution in [2.45, 2.75) is 19.3 Å². The lowest BCUT2D eigenvalue weighted by Crippen LogP contribution is -2.39. The first-order valence-corrected chi connectivity index (χ1v) is 30.1. The quantitative estimate of drug-likeness (QED) is 0.0150. The van der Waals surface area contributed by atoms with Gasteiger partial charge in [0.15, 0.2) is 49.6 Å². The maximum atomic E-state index is 12.9. The van der Waals surface area contributed by atoms with Gasteiger partial charge in [-0.2, -0.15) is 0 Å². The molecule has 8 aromatic carbocycles. The van der Waals surface area contributed by atoms with E-state index in [-0.39, 0.29) is 95.8 Å². The Bertz CT molecular complexity index is 3170. The van der Waals surface area contributed by atoms with Gasteiger partial charge in [0, 0.05) is 49.9 Å². The molecule has 0 saturated heterocycles. The van der Waals surface area contributed by atoms with Crippen LogP contribution in [0.1, 0.15) is 82.9 Å². The summed E-state index contributed by atoms with van der Waals surface area (Å²) in [6, 6.07) is 61.0. The number of hydrogen-bond acceptors (Lipinski definition) is 19. The fraction of sp³-hybridized carbons (Fsp3) is 0.243. The highest BCUT2D eigenvalue weighted by Crippen LogP contribution is 2.28. The fourth-order valence-corrected chi connectivity index (χ4v) is 9.21. The van der Waals surface area contributed by atoms with Crippen molar-refractivity contribution in [3.05, 3.63) is 263 Å². The number of carbonyl (C=O) groups excluding carboxylic acids is 8. The van der Waals surface area contributed by atoms with E-state index < -0.39 is 49.1 Å². The molecule has 19 nitrogen and oxygen atoms in total. The molecule has 0 fully saturated rings. The molecule has 0 saturated carbocycles. The Hall–Kier alpha value is -10.6. The summed E-state index contributed by atoms with van der Waals surface area (Å²) in [5.41, 5.74) is 3.04. The molecule has 0 amide bonds. The van der Waals surface area contributed by atoms with Gasteiger partial charge in [0.25, 0.3) is 0 Å². The third kappa shape index (κ3) is 23.0. The second kappa shape index (κ2) is 36.9. The van der Waals surface area contributed by atoms with Crippen LogP contribution in [0.15, 0.2) is 218 Å². The van der Waals surface area contributed by atoms with Crippen molar-refractivity contribution in [1.29, 1.82) is 0 Å². The predicted octanol–water partition coefficient (Wildman–Crippen LogP) is 10.6. The van der Waals surface area contributed by atoms with Gasteiger partial charge in [-0.3, -0.25) is 19.2 Å². The lowest BCUT2D eigenvalue weighted by Gasteiger charge is -2.33. The largest absolute Gasteiger partial charge is 0.482 e. The van der Waals surface area contributed by atoms with Gasteiger partial charge < -0.3 is 52.1 Å². The highest BCUT2D eigenvalue weighted by atomic mass is 16.6. The molecule has 19 heteroatoms. The number of benzene rings is 8. The van der Waals surface area contributed by atoms with E-state index in [2.05, 4.69) is 0 Å². The molecule has 0 aliphatic heterocycles. The molecule has 0 radical (unpaired) electrons. The Labute approximate surface area is 538 Å². The second-order valence-corrected chi connectivity index (χ2v) is 21.0. The second-order valence-electron chi connectivity index (χ2n) is 21.0. The highest BCUT2D eigenvalue weighted by molar-refractivity contribution is 6.10. The van der Waals surface area contributed by atoms with Gasteiger partial charge in [-0.05, 0) is 116 Å². The molecule has 0 spiro atoms. The van der Waals surface area contributed by atoms with E-state index >= 15 is 0 Å². The zero-order chi connectivity index (χ0) is 65.3. The third-order valence-electron chi connectivity index (χ3n) is 14.1. The maximum Gasteiger partial charge on any atom is 0.344 e. The molecule has 93 heavy (non-hydrogen) atoms. The molecule has 8 aromatic rings. The zero-order valence-electron chi connectivity index (χ0n) is 51.1. The van der Waals surface area contributed by atoms with E-state index in [1.807, 2.05) is 24.3 Å². The van der Waals surface area contributed by atoms with Crippen LogP contribution in [0.4, 0.5) is 0 Å². The van der Waals surface area contributed by atoms with E-state index in [0.29, 0.717) is 86.8 Å². The predicted molar refractivity (Wildman–Crippen MR) is 340 cm³/mol. The van der Waals surface area contributed by atoms with Crippen LogP contribution < -0.4 is 18.9 Å². The molecule has 8 rings (SSSR count). The molecule has 0 aliphatic rings. The molecular formula is C74H70O19. The summed E-state index contributed by atoms with van der Waals surface area (Å²) < 4.78 is 62.7. The van der Waals surface area contributed by atoms with Crippen molar-refractivity contribution in [3.8, 4) is 23.0 Å². The first-order chi connectivity index (χ1) is 45.4. The zero-order valence-corrected chi connectivity index (χ0v) is 51.1. The molecule has 0 heterocycles. The number of rotatable bonds is 40. The lowest BCUT2D eigenvalue weighted by atomic mass is 9.85. The minimum atomic E-state index is -0.940. The SMILES string of the molecule is O=C(COc1ccc(C(=O)c2ccccc2)cc1)OCCCCC(COCCOC(=O)COc1ccc(C(=O)c2ccccc2)cc1)(COCCOC(=O)COc1ccc(C(=O)c2ccccc2)cc1)COCCOC(=O)COc1ccc(C(=O)c2ccccc2)cc1. The van der Waals surface area contributed by atoms with Crippen molar-refractivity contribution in [2.24, 2.45) is 5.41 Å². The summed E-state index contributed by atoms with van der Waals surface area (Å²) in [6.07, 6.45) is 1.21.